The lowest BCUT2D eigenvalue weighted by molar-refractivity contribution is -0.222. The molecule has 14 heavy (non-hydrogen) atoms. The third-order valence-electron chi connectivity index (χ3n) is 2.85. The number of hydroxylamine groups is 4. The van der Waals surface area contributed by atoms with E-state index >= 15 is 0 Å². The lowest BCUT2D eigenvalue weighted by Gasteiger charge is -2.46. The van der Waals surface area contributed by atoms with Gasteiger partial charge in [0.15, 0.2) is 0 Å². The zero-order valence-electron chi connectivity index (χ0n) is 9.40. The van der Waals surface area contributed by atoms with Crippen LogP contribution in [0.5, 0.6) is 0 Å². The van der Waals surface area contributed by atoms with Crippen LogP contribution in [0.1, 0.15) is 20.8 Å². The molecule has 1 fully saturated rings. The van der Waals surface area contributed by atoms with Crippen molar-refractivity contribution in [2.45, 2.75) is 26.8 Å². The minimum absolute atomic E-state index is 0.0337. The highest BCUT2D eigenvalue weighted by molar-refractivity contribution is 5.73. The van der Waals surface area contributed by atoms with Gasteiger partial charge in [0.1, 0.15) is 0 Å². The summed E-state index contributed by atoms with van der Waals surface area (Å²) in [4.78, 5) is 21.7. The zero-order valence-corrected chi connectivity index (χ0v) is 9.40. The van der Waals surface area contributed by atoms with Crippen LogP contribution < -0.4 is 0 Å². The second-order valence-electron chi connectivity index (χ2n) is 4.17. The van der Waals surface area contributed by atoms with E-state index in [4.69, 9.17) is 9.68 Å². The highest BCUT2D eigenvalue weighted by Gasteiger charge is 2.43. The smallest absolute Gasteiger partial charge is 0.273 e. The predicted octanol–water partition coefficient (Wildman–Crippen LogP) is 1.26. The molecule has 5 nitrogen and oxygen atoms in total. The molecule has 0 spiro atoms. The van der Waals surface area contributed by atoms with Gasteiger partial charge < -0.3 is 0 Å². The Morgan fingerprint density at radius 1 is 1.36 bits per heavy atom. The summed E-state index contributed by atoms with van der Waals surface area (Å²) in [5, 5.41) is 2.65. The van der Waals surface area contributed by atoms with Crippen molar-refractivity contribution in [3.8, 4) is 0 Å². The molecule has 1 atom stereocenters. The fraction of sp³-hybridized carbons (Fsp3) is 0.889. The molecule has 0 aromatic rings. The molecule has 1 unspecified atom stereocenters. The van der Waals surface area contributed by atoms with E-state index in [-0.39, 0.29) is 17.5 Å². The van der Waals surface area contributed by atoms with Crippen molar-refractivity contribution >= 4 is 6.03 Å². The molecule has 0 bridgehead atoms. The van der Waals surface area contributed by atoms with E-state index in [9.17, 15) is 4.79 Å². The Morgan fingerprint density at radius 3 is 2.36 bits per heavy atom. The van der Waals surface area contributed by atoms with Crippen LogP contribution in [0.4, 0.5) is 4.79 Å². The van der Waals surface area contributed by atoms with Crippen LogP contribution >= 0.6 is 0 Å². The molecule has 1 heterocycles. The molecule has 1 aliphatic rings. The Bertz CT molecular complexity index is 230. The highest BCUT2D eigenvalue weighted by atomic mass is 16.7. The first kappa shape index (κ1) is 11.3. The number of rotatable bonds is 2. The number of carbonyl (C=O) groups is 1. The molecule has 0 radical (unpaired) electrons. The summed E-state index contributed by atoms with van der Waals surface area (Å²) in [6.45, 7) is 6.68. The summed E-state index contributed by atoms with van der Waals surface area (Å²) in [7, 11) is 2.97. The predicted molar refractivity (Wildman–Crippen MR) is 51.2 cm³/mol. The summed E-state index contributed by atoms with van der Waals surface area (Å²) in [5.41, 5.74) is -0.0556. The van der Waals surface area contributed by atoms with Crippen LogP contribution in [0.15, 0.2) is 0 Å². The maximum atomic E-state index is 11.7. The molecular weight excluding hydrogens is 184 g/mol. The summed E-state index contributed by atoms with van der Waals surface area (Å²) >= 11 is 0. The average Bonchev–Trinajstić information content (AvgIpc) is 2.13. The fourth-order valence-electron chi connectivity index (χ4n) is 1.54. The minimum atomic E-state index is -0.248. The van der Waals surface area contributed by atoms with Gasteiger partial charge in [-0.1, -0.05) is 13.8 Å². The van der Waals surface area contributed by atoms with Gasteiger partial charge in [-0.25, -0.2) is 9.86 Å². The van der Waals surface area contributed by atoms with Crippen LogP contribution in [0.25, 0.3) is 0 Å². The van der Waals surface area contributed by atoms with E-state index in [1.807, 2.05) is 6.92 Å². The van der Waals surface area contributed by atoms with Crippen molar-refractivity contribution in [1.82, 2.24) is 10.1 Å². The Kier molecular flexibility index (Phi) is 3.01. The lowest BCUT2D eigenvalue weighted by atomic mass is 9.83. The van der Waals surface area contributed by atoms with Gasteiger partial charge in [0.2, 0.25) is 0 Å². The molecule has 0 aromatic carbocycles. The van der Waals surface area contributed by atoms with Gasteiger partial charge >= 0.3 is 6.03 Å². The van der Waals surface area contributed by atoms with E-state index in [0.717, 1.165) is 0 Å². The van der Waals surface area contributed by atoms with Crippen molar-refractivity contribution in [2.24, 2.45) is 5.41 Å². The van der Waals surface area contributed by atoms with Crippen molar-refractivity contribution in [1.29, 1.82) is 0 Å². The molecule has 82 valence electrons. The Balaban J connectivity index is 2.89. The third-order valence-corrected chi connectivity index (χ3v) is 2.85. The van der Waals surface area contributed by atoms with Gasteiger partial charge in [-0.15, -0.1) is 0 Å². The first-order valence-electron chi connectivity index (χ1n) is 4.63. The average molecular weight is 202 g/mol. The summed E-state index contributed by atoms with van der Waals surface area (Å²) in [6.07, 6.45) is 0. The maximum Gasteiger partial charge on any atom is 0.368 e. The van der Waals surface area contributed by atoms with Crippen LogP contribution in [0.3, 0.4) is 0 Å². The van der Waals surface area contributed by atoms with Gasteiger partial charge in [0, 0.05) is 5.41 Å². The number of carbonyl (C=O) groups excluding carboxylic acids is 1. The molecule has 1 saturated heterocycles. The van der Waals surface area contributed by atoms with Gasteiger partial charge in [0.25, 0.3) is 0 Å². The second kappa shape index (κ2) is 3.74. The van der Waals surface area contributed by atoms with Gasteiger partial charge in [-0.2, -0.15) is 5.06 Å². The SMILES string of the molecule is CON1CC(C)(C)C(C)N(OC)C1=O. The zero-order chi connectivity index (χ0) is 10.9. The van der Waals surface area contributed by atoms with Gasteiger partial charge in [-0.3, -0.25) is 9.68 Å². The number of amides is 2. The Morgan fingerprint density at radius 2 is 1.93 bits per heavy atom. The summed E-state index contributed by atoms with van der Waals surface area (Å²) in [5.74, 6) is 0. The van der Waals surface area contributed by atoms with Crippen molar-refractivity contribution in [3.63, 3.8) is 0 Å². The Labute approximate surface area is 84.5 Å². The van der Waals surface area contributed by atoms with Crippen LogP contribution in [-0.2, 0) is 9.68 Å². The van der Waals surface area contributed by atoms with E-state index in [0.29, 0.717) is 6.54 Å². The molecule has 0 N–H and O–H groups in total. The number of hydrogen-bond acceptors (Lipinski definition) is 3. The molecular formula is C9H18N2O3. The summed E-state index contributed by atoms with van der Waals surface area (Å²) in [6, 6.07) is -0.215. The lowest BCUT2D eigenvalue weighted by Crippen LogP contribution is -2.60. The number of nitrogens with zero attached hydrogens (tertiary/aromatic N) is 2. The van der Waals surface area contributed by atoms with Crippen molar-refractivity contribution < 1.29 is 14.5 Å². The number of hydrogen-bond donors (Lipinski definition) is 0. The second-order valence-corrected chi connectivity index (χ2v) is 4.17. The first-order valence-corrected chi connectivity index (χ1v) is 4.63. The maximum absolute atomic E-state index is 11.7. The quantitative estimate of drug-likeness (QED) is 0.677. The number of urea groups is 1. The molecule has 1 rings (SSSR count). The van der Waals surface area contributed by atoms with Crippen molar-refractivity contribution in [2.75, 3.05) is 20.8 Å². The van der Waals surface area contributed by atoms with Crippen LogP contribution in [-0.4, -0.2) is 43.0 Å². The highest BCUT2D eigenvalue weighted by Crippen LogP contribution is 2.31. The largest absolute Gasteiger partial charge is 0.368 e. The monoisotopic (exact) mass is 202 g/mol. The van der Waals surface area contributed by atoms with Gasteiger partial charge in [-0.05, 0) is 6.92 Å². The van der Waals surface area contributed by atoms with E-state index < -0.39 is 0 Å². The van der Waals surface area contributed by atoms with E-state index in [1.54, 1.807) is 0 Å². The standard InChI is InChI=1S/C9H18N2O3/c1-7-9(2,3)6-10(13-4)8(12)11(7)14-5/h7H,6H2,1-5H3. The van der Waals surface area contributed by atoms with Gasteiger partial charge in [0.05, 0.1) is 26.8 Å². The topological polar surface area (TPSA) is 42.0 Å². The first-order chi connectivity index (χ1) is 6.44. The van der Waals surface area contributed by atoms with E-state index in [2.05, 4.69) is 13.8 Å². The van der Waals surface area contributed by atoms with E-state index in [1.165, 1.54) is 24.3 Å². The normalized spacial score (nSPS) is 26.9. The molecule has 1 aliphatic heterocycles. The van der Waals surface area contributed by atoms with Crippen molar-refractivity contribution in [3.05, 3.63) is 0 Å². The fourth-order valence-corrected chi connectivity index (χ4v) is 1.54. The molecule has 0 aromatic heterocycles. The molecule has 5 heteroatoms. The van der Waals surface area contributed by atoms with Crippen LogP contribution in [0.2, 0.25) is 0 Å². The molecule has 0 saturated carbocycles. The summed E-state index contributed by atoms with van der Waals surface area (Å²) < 4.78 is 0. The van der Waals surface area contributed by atoms with Crippen LogP contribution in [0, 0.1) is 5.41 Å². The minimum Gasteiger partial charge on any atom is -0.273 e. The third kappa shape index (κ3) is 1.69. The molecule has 0 aliphatic carbocycles. The Hall–Kier alpha value is -0.810. The molecule has 2 amide bonds.